The number of unbranched alkanes of at least 4 members (excludes halogenated alkanes) is 19. The molecular weight excluding hydrogens is 601 g/mol. The molecule has 266 valence electrons. The second kappa shape index (κ2) is 29.1. The predicted molar refractivity (Wildman–Crippen MR) is 206 cm³/mol. The number of hydrogen-bond donors (Lipinski definition) is 0. The molecule has 0 radical (unpaired) electrons. The minimum Gasteiger partial charge on any atom is -0.240 e. The van der Waals surface area contributed by atoms with Gasteiger partial charge in [-0.3, -0.25) is 0 Å². The lowest BCUT2D eigenvalue weighted by Crippen LogP contribution is -2.24. The largest absolute Gasteiger partial charge is 0.243 e. The van der Waals surface area contributed by atoms with E-state index in [1.807, 2.05) is 0 Å². The van der Waals surface area contributed by atoms with Crippen molar-refractivity contribution in [1.82, 2.24) is 9.13 Å². The van der Waals surface area contributed by atoms with E-state index >= 15 is 0 Å². The van der Waals surface area contributed by atoms with Crippen LogP contribution in [0.5, 0.6) is 0 Å². The number of aryl methyl sites for hydroxylation is 2. The summed E-state index contributed by atoms with van der Waals surface area (Å²) in [6, 6.07) is 1.29. The highest BCUT2D eigenvalue weighted by Gasteiger charge is 2.17. The van der Waals surface area contributed by atoms with Crippen LogP contribution in [0.25, 0.3) is 0 Å². The van der Waals surface area contributed by atoms with Gasteiger partial charge in [0.05, 0.1) is 14.1 Å². The Morgan fingerprint density at radius 3 is 1.09 bits per heavy atom. The van der Waals surface area contributed by atoms with Crippen molar-refractivity contribution in [2.45, 2.75) is 180 Å². The highest BCUT2D eigenvalue weighted by atomic mass is 32.2. The van der Waals surface area contributed by atoms with Crippen molar-refractivity contribution in [3.8, 4) is 0 Å². The predicted octanol–water partition coefficient (Wildman–Crippen LogP) is 11.6. The number of imidazole rings is 2. The van der Waals surface area contributed by atoms with Crippen molar-refractivity contribution in [1.29, 1.82) is 0 Å². The van der Waals surface area contributed by atoms with E-state index in [9.17, 15) is 0 Å². The van der Waals surface area contributed by atoms with Crippen molar-refractivity contribution in [2.75, 3.05) is 23.0 Å². The average molecular weight is 677 g/mol. The molecule has 0 aromatic carbocycles. The lowest BCUT2D eigenvalue weighted by atomic mass is 10.0. The highest BCUT2D eigenvalue weighted by molar-refractivity contribution is 7.99. The summed E-state index contributed by atoms with van der Waals surface area (Å²) >= 11 is 4.38. The summed E-state index contributed by atoms with van der Waals surface area (Å²) in [4.78, 5) is 0. The SMILES string of the molecule is CCCCCCCCCCCCC(CSCCCCSCC(CCCCCCCCCCCC)n1cc[n+](C)c1)n1cc[n+](C)c1. The van der Waals surface area contributed by atoms with Gasteiger partial charge in [-0.25, -0.2) is 18.3 Å². The molecule has 0 aliphatic rings. The van der Waals surface area contributed by atoms with Crippen LogP contribution in [-0.2, 0) is 14.1 Å². The topological polar surface area (TPSA) is 17.6 Å². The molecule has 46 heavy (non-hydrogen) atoms. The van der Waals surface area contributed by atoms with Crippen LogP contribution in [0, 0.1) is 0 Å². The van der Waals surface area contributed by atoms with Crippen LogP contribution in [0.1, 0.15) is 180 Å². The molecule has 0 aliphatic heterocycles. The minimum atomic E-state index is 0.643. The Hall–Kier alpha value is -0.880. The molecule has 0 fully saturated rings. The average Bonchev–Trinajstić information content (AvgIpc) is 3.69. The third kappa shape index (κ3) is 21.2. The van der Waals surface area contributed by atoms with Gasteiger partial charge in [-0.1, -0.05) is 129 Å². The third-order valence-electron chi connectivity index (χ3n) is 9.65. The molecule has 0 saturated carbocycles. The zero-order valence-electron chi connectivity index (χ0n) is 31.0. The Labute approximate surface area is 295 Å². The highest BCUT2D eigenvalue weighted by Crippen LogP contribution is 2.25. The molecular formula is C40H76N4S2+2. The van der Waals surface area contributed by atoms with Gasteiger partial charge in [0.2, 0.25) is 12.7 Å². The van der Waals surface area contributed by atoms with E-state index in [-0.39, 0.29) is 0 Å². The molecule has 0 N–H and O–H groups in total. The maximum absolute atomic E-state index is 2.48. The van der Waals surface area contributed by atoms with Crippen molar-refractivity contribution in [2.24, 2.45) is 14.1 Å². The molecule has 2 aromatic heterocycles. The van der Waals surface area contributed by atoms with E-state index in [0.717, 1.165) is 0 Å². The van der Waals surface area contributed by atoms with Gasteiger partial charge < -0.3 is 0 Å². The molecule has 4 nitrogen and oxygen atoms in total. The van der Waals surface area contributed by atoms with E-state index in [4.69, 9.17) is 0 Å². The van der Waals surface area contributed by atoms with E-state index < -0.39 is 0 Å². The van der Waals surface area contributed by atoms with E-state index in [1.54, 1.807) is 0 Å². The standard InChI is InChI=1S/C40H76N4S2/c1-5-7-9-11-13-15-17-19-21-23-27-39(43-31-29-41(3)37-43)35-45-33-25-26-34-46-36-40(44-32-30-42(4)38-44)28-24-22-20-18-16-14-12-10-8-6-2/h29-32,37-40H,5-28,33-36H2,1-4H3/q+2. The third-order valence-corrected chi connectivity index (χ3v) is 12.0. The quantitative estimate of drug-likeness (QED) is 0.0553. The molecule has 0 spiro atoms. The van der Waals surface area contributed by atoms with Gasteiger partial charge in [-0.05, 0) is 50.0 Å². The maximum Gasteiger partial charge on any atom is 0.243 e. The van der Waals surface area contributed by atoms with Crippen LogP contribution in [-0.4, -0.2) is 32.1 Å². The summed E-state index contributed by atoms with van der Waals surface area (Å²) in [5.41, 5.74) is 0. The van der Waals surface area contributed by atoms with Gasteiger partial charge in [-0.15, -0.1) is 0 Å². The lowest BCUT2D eigenvalue weighted by molar-refractivity contribution is -0.671. The zero-order chi connectivity index (χ0) is 32.9. The zero-order valence-corrected chi connectivity index (χ0v) is 32.7. The van der Waals surface area contributed by atoms with Crippen LogP contribution in [0.4, 0.5) is 0 Å². The normalized spacial score (nSPS) is 13.0. The number of thioether (sulfide) groups is 2. The molecule has 6 heteroatoms. The molecule has 2 heterocycles. The summed E-state index contributed by atoms with van der Waals surface area (Å²) in [6.07, 6.45) is 47.3. The van der Waals surface area contributed by atoms with Crippen molar-refractivity contribution in [3.63, 3.8) is 0 Å². The Balaban J connectivity index is 1.56. The van der Waals surface area contributed by atoms with Gasteiger partial charge in [0.1, 0.15) is 36.9 Å². The van der Waals surface area contributed by atoms with Crippen LogP contribution < -0.4 is 9.13 Å². The van der Waals surface area contributed by atoms with Crippen LogP contribution >= 0.6 is 23.5 Å². The summed E-state index contributed by atoms with van der Waals surface area (Å²) in [6.45, 7) is 4.61. The van der Waals surface area contributed by atoms with Gasteiger partial charge in [-0.2, -0.15) is 23.5 Å². The van der Waals surface area contributed by atoms with Gasteiger partial charge >= 0.3 is 0 Å². The fraction of sp³-hybridized carbons (Fsp3) is 0.850. The Morgan fingerprint density at radius 1 is 0.457 bits per heavy atom. The van der Waals surface area contributed by atoms with E-state index in [1.165, 1.54) is 177 Å². The monoisotopic (exact) mass is 677 g/mol. The molecule has 0 amide bonds. The maximum atomic E-state index is 2.48. The molecule has 0 saturated heterocycles. The summed E-state index contributed by atoms with van der Waals surface area (Å²) in [7, 11) is 4.30. The van der Waals surface area contributed by atoms with Crippen LogP contribution in [0.3, 0.4) is 0 Å². The Kier molecular flexibility index (Phi) is 26.1. The Morgan fingerprint density at radius 2 is 0.783 bits per heavy atom. The Bertz CT molecular complexity index is 852. The second-order valence-electron chi connectivity index (χ2n) is 14.2. The second-order valence-corrected chi connectivity index (χ2v) is 16.5. The van der Waals surface area contributed by atoms with E-state index in [0.29, 0.717) is 12.1 Å². The first kappa shape index (κ1) is 41.3. The summed E-state index contributed by atoms with van der Waals surface area (Å²) < 4.78 is 9.36. The van der Waals surface area contributed by atoms with Gasteiger partial charge in [0.15, 0.2) is 0 Å². The molecule has 0 aliphatic carbocycles. The van der Waals surface area contributed by atoms with Crippen LogP contribution in [0.15, 0.2) is 37.4 Å². The summed E-state index contributed by atoms with van der Waals surface area (Å²) in [5, 5.41) is 0. The fourth-order valence-corrected chi connectivity index (χ4v) is 8.96. The lowest BCUT2D eigenvalue weighted by Gasteiger charge is -2.14. The van der Waals surface area contributed by atoms with Crippen molar-refractivity contribution in [3.05, 3.63) is 37.4 Å². The van der Waals surface area contributed by atoms with Gasteiger partial charge in [0.25, 0.3) is 0 Å². The van der Waals surface area contributed by atoms with Crippen LogP contribution in [0.2, 0.25) is 0 Å². The number of aromatic nitrogens is 4. The molecule has 2 unspecified atom stereocenters. The minimum absolute atomic E-state index is 0.643. The number of hydrogen-bond acceptors (Lipinski definition) is 2. The van der Waals surface area contributed by atoms with Crippen molar-refractivity contribution < 1.29 is 9.13 Å². The van der Waals surface area contributed by atoms with Crippen molar-refractivity contribution >= 4 is 23.5 Å². The first-order valence-electron chi connectivity index (χ1n) is 19.8. The fourth-order valence-electron chi connectivity index (χ4n) is 6.59. The number of rotatable bonds is 33. The first-order chi connectivity index (χ1) is 22.6. The summed E-state index contributed by atoms with van der Waals surface area (Å²) in [5.74, 6) is 5.12. The molecule has 0 bridgehead atoms. The van der Waals surface area contributed by atoms with Gasteiger partial charge in [0, 0.05) is 11.5 Å². The molecule has 2 aromatic rings. The first-order valence-corrected chi connectivity index (χ1v) is 22.2. The smallest absolute Gasteiger partial charge is 0.240 e. The van der Waals surface area contributed by atoms with E-state index in [2.05, 4.69) is 107 Å². The molecule has 2 rings (SSSR count). The molecule has 2 atom stereocenters. The number of nitrogens with zero attached hydrogens (tertiary/aromatic N) is 4.